The molecule has 20 heavy (non-hydrogen) atoms. The smallest absolute Gasteiger partial charge is 0.146 e. The molecular formula is C17H15NOS. The van der Waals surface area contributed by atoms with Crippen molar-refractivity contribution in [2.75, 3.05) is 5.32 Å². The minimum atomic E-state index is -0.0665. The molecule has 2 aromatic carbocycles. The number of benzene rings is 2. The normalized spacial score (nSPS) is 17.4. The second-order valence-corrected chi connectivity index (χ2v) is 5.19. The van der Waals surface area contributed by atoms with Gasteiger partial charge in [-0.2, -0.15) is 0 Å². The van der Waals surface area contributed by atoms with E-state index in [0.717, 1.165) is 22.0 Å². The average molecular weight is 281 g/mol. The van der Waals surface area contributed by atoms with Crippen molar-refractivity contribution >= 4 is 35.0 Å². The lowest BCUT2D eigenvalue weighted by Gasteiger charge is -2.25. The SMILES string of the molecule is CC1Oc2ccc(C=Cc3ccccc3)cc2NC1=S. The van der Waals surface area contributed by atoms with E-state index in [-0.39, 0.29) is 6.10 Å². The molecule has 0 aromatic heterocycles. The number of ether oxygens (including phenoxy) is 1. The molecule has 2 aromatic rings. The fourth-order valence-electron chi connectivity index (χ4n) is 2.09. The number of anilines is 1. The Kier molecular flexibility index (Phi) is 3.52. The van der Waals surface area contributed by atoms with Gasteiger partial charge >= 0.3 is 0 Å². The minimum absolute atomic E-state index is 0.0665. The summed E-state index contributed by atoms with van der Waals surface area (Å²) in [6, 6.07) is 16.3. The molecule has 3 heteroatoms. The highest BCUT2D eigenvalue weighted by Crippen LogP contribution is 2.31. The van der Waals surface area contributed by atoms with Gasteiger partial charge in [0.25, 0.3) is 0 Å². The zero-order chi connectivity index (χ0) is 13.9. The Bertz CT molecular complexity index is 664. The number of hydrogen-bond acceptors (Lipinski definition) is 2. The zero-order valence-corrected chi connectivity index (χ0v) is 12.0. The Morgan fingerprint density at radius 3 is 2.60 bits per heavy atom. The first-order valence-corrected chi connectivity index (χ1v) is 6.98. The highest BCUT2D eigenvalue weighted by Gasteiger charge is 2.19. The molecule has 100 valence electrons. The maximum atomic E-state index is 5.73. The Morgan fingerprint density at radius 1 is 1.05 bits per heavy atom. The van der Waals surface area contributed by atoms with E-state index >= 15 is 0 Å². The van der Waals surface area contributed by atoms with Crippen LogP contribution in [0.4, 0.5) is 5.69 Å². The Labute approximate surface area is 124 Å². The number of nitrogens with one attached hydrogen (secondary N) is 1. The lowest BCUT2D eigenvalue weighted by molar-refractivity contribution is 0.286. The second-order valence-electron chi connectivity index (χ2n) is 4.75. The number of rotatable bonds is 2. The third kappa shape index (κ3) is 2.73. The van der Waals surface area contributed by atoms with Crippen molar-refractivity contribution in [3.63, 3.8) is 0 Å². The first kappa shape index (κ1) is 12.9. The van der Waals surface area contributed by atoms with Crippen LogP contribution in [0.25, 0.3) is 12.2 Å². The van der Waals surface area contributed by atoms with Gasteiger partial charge in [-0.3, -0.25) is 0 Å². The largest absolute Gasteiger partial charge is 0.481 e. The zero-order valence-electron chi connectivity index (χ0n) is 11.2. The van der Waals surface area contributed by atoms with Crippen LogP contribution in [0.2, 0.25) is 0 Å². The molecular weight excluding hydrogens is 266 g/mol. The van der Waals surface area contributed by atoms with E-state index in [4.69, 9.17) is 17.0 Å². The summed E-state index contributed by atoms with van der Waals surface area (Å²) in [7, 11) is 0. The molecule has 0 saturated heterocycles. The van der Waals surface area contributed by atoms with Gasteiger partial charge in [-0.25, -0.2) is 0 Å². The van der Waals surface area contributed by atoms with Gasteiger partial charge in [-0.05, 0) is 30.2 Å². The quantitative estimate of drug-likeness (QED) is 0.652. The van der Waals surface area contributed by atoms with Crippen LogP contribution < -0.4 is 10.1 Å². The maximum absolute atomic E-state index is 5.73. The molecule has 1 aliphatic rings. The molecule has 1 aliphatic heterocycles. The van der Waals surface area contributed by atoms with Gasteiger partial charge in [-0.15, -0.1) is 0 Å². The predicted octanol–water partition coefficient (Wildman–Crippen LogP) is 4.38. The van der Waals surface area contributed by atoms with Gasteiger partial charge in [0.15, 0.2) is 0 Å². The van der Waals surface area contributed by atoms with Crippen LogP contribution in [0.15, 0.2) is 48.5 Å². The summed E-state index contributed by atoms with van der Waals surface area (Å²) in [5.41, 5.74) is 3.22. The Balaban J connectivity index is 1.84. The van der Waals surface area contributed by atoms with E-state index in [9.17, 15) is 0 Å². The van der Waals surface area contributed by atoms with Crippen molar-refractivity contribution < 1.29 is 4.74 Å². The Hall–Kier alpha value is -2.13. The summed E-state index contributed by atoms with van der Waals surface area (Å²) in [5.74, 6) is 0.850. The molecule has 3 rings (SSSR count). The highest BCUT2D eigenvalue weighted by molar-refractivity contribution is 7.80. The molecule has 1 N–H and O–H groups in total. The predicted molar refractivity (Wildman–Crippen MR) is 88.1 cm³/mol. The van der Waals surface area contributed by atoms with Crippen molar-refractivity contribution in [2.24, 2.45) is 0 Å². The third-order valence-corrected chi connectivity index (χ3v) is 3.64. The molecule has 2 nitrogen and oxygen atoms in total. The topological polar surface area (TPSA) is 21.3 Å². The lowest BCUT2D eigenvalue weighted by Crippen LogP contribution is -2.32. The van der Waals surface area contributed by atoms with E-state index in [1.165, 1.54) is 5.56 Å². The van der Waals surface area contributed by atoms with Gasteiger partial charge in [0.1, 0.15) is 16.8 Å². The van der Waals surface area contributed by atoms with Crippen molar-refractivity contribution in [1.82, 2.24) is 0 Å². The fraction of sp³-hybridized carbons (Fsp3) is 0.118. The van der Waals surface area contributed by atoms with Crippen molar-refractivity contribution in [1.29, 1.82) is 0 Å². The van der Waals surface area contributed by atoms with Gasteiger partial charge in [0, 0.05) is 0 Å². The van der Waals surface area contributed by atoms with Crippen LogP contribution in [0, 0.1) is 0 Å². The van der Waals surface area contributed by atoms with Gasteiger partial charge in [0.2, 0.25) is 0 Å². The van der Waals surface area contributed by atoms with E-state index in [0.29, 0.717) is 0 Å². The summed E-state index contributed by atoms with van der Waals surface area (Å²) in [4.78, 5) is 0.724. The van der Waals surface area contributed by atoms with E-state index < -0.39 is 0 Å². The Morgan fingerprint density at radius 2 is 1.80 bits per heavy atom. The van der Waals surface area contributed by atoms with Gasteiger partial charge in [-0.1, -0.05) is 60.8 Å². The lowest BCUT2D eigenvalue weighted by atomic mass is 10.1. The van der Waals surface area contributed by atoms with E-state index in [2.05, 4.69) is 29.6 Å². The molecule has 1 heterocycles. The minimum Gasteiger partial charge on any atom is -0.481 e. The first-order chi connectivity index (χ1) is 9.72. The summed E-state index contributed by atoms with van der Waals surface area (Å²) in [5, 5.41) is 3.22. The number of hydrogen-bond donors (Lipinski definition) is 1. The number of thiocarbonyl (C=S) groups is 1. The number of fused-ring (bicyclic) bond motifs is 1. The molecule has 0 radical (unpaired) electrons. The summed E-state index contributed by atoms with van der Waals surface area (Å²) >= 11 is 5.23. The van der Waals surface area contributed by atoms with Crippen molar-refractivity contribution in [3.8, 4) is 5.75 Å². The molecule has 0 amide bonds. The average Bonchev–Trinajstić information content (AvgIpc) is 2.47. The molecule has 0 spiro atoms. The molecule has 0 aliphatic carbocycles. The van der Waals surface area contributed by atoms with Crippen LogP contribution in [0.1, 0.15) is 18.1 Å². The molecule has 0 bridgehead atoms. The second kappa shape index (κ2) is 5.47. The van der Waals surface area contributed by atoms with Gasteiger partial charge in [0.05, 0.1) is 5.69 Å². The highest BCUT2D eigenvalue weighted by atomic mass is 32.1. The maximum Gasteiger partial charge on any atom is 0.146 e. The van der Waals surface area contributed by atoms with Crippen LogP contribution in [0.3, 0.4) is 0 Å². The van der Waals surface area contributed by atoms with Crippen LogP contribution >= 0.6 is 12.2 Å². The van der Waals surface area contributed by atoms with Crippen LogP contribution in [0.5, 0.6) is 5.75 Å². The van der Waals surface area contributed by atoms with E-state index in [1.54, 1.807) is 0 Å². The van der Waals surface area contributed by atoms with Crippen LogP contribution in [-0.4, -0.2) is 11.1 Å². The first-order valence-electron chi connectivity index (χ1n) is 6.57. The third-order valence-electron chi connectivity index (χ3n) is 3.20. The van der Waals surface area contributed by atoms with Crippen LogP contribution in [-0.2, 0) is 0 Å². The molecule has 1 unspecified atom stereocenters. The van der Waals surface area contributed by atoms with Crippen molar-refractivity contribution in [3.05, 3.63) is 59.7 Å². The van der Waals surface area contributed by atoms with E-state index in [1.807, 2.05) is 43.3 Å². The van der Waals surface area contributed by atoms with Crippen molar-refractivity contribution in [2.45, 2.75) is 13.0 Å². The standard InChI is InChI=1S/C17H15NOS/c1-12-17(20)18-15-11-14(9-10-16(15)19-12)8-7-13-5-3-2-4-6-13/h2-12H,1H3,(H,18,20). The van der Waals surface area contributed by atoms with Gasteiger partial charge < -0.3 is 10.1 Å². The summed E-state index contributed by atoms with van der Waals surface area (Å²) in [6.45, 7) is 1.95. The fourth-order valence-corrected chi connectivity index (χ4v) is 2.24. The summed E-state index contributed by atoms with van der Waals surface area (Å²) in [6.07, 6.45) is 4.10. The monoisotopic (exact) mass is 281 g/mol. The molecule has 0 fully saturated rings. The summed E-state index contributed by atoms with van der Waals surface area (Å²) < 4.78 is 5.73. The molecule has 0 saturated carbocycles. The molecule has 1 atom stereocenters.